The maximum absolute atomic E-state index is 13.0. The lowest BCUT2D eigenvalue weighted by Gasteiger charge is -2.23. The molecule has 3 aromatic rings. The molecule has 3 rings (SSSR count). The summed E-state index contributed by atoms with van der Waals surface area (Å²) in [5, 5.41) is 8.75. The van der Waals surface area contributed by atoms with Crippen molar-refractivity contribution in [3.8, 4) is 0 Å². The second-order valence-corrected chi connectivity index (χ2v) is 8.62. The minimum atomic E-state index is -0.802. The fraction of sp³-hybridized carbons (Fsp3) is 0.280. The average Bonchev–Trinajstić information content (AvgIpc) is 2.74. The van der Waals surface area contributed by atoms with Crippen molar-refractivity contribution in [1.82, 2.24) is 15.3 Å². The molecule has 0 bridgehead atoms. The predicted octanol–water partition coefficient (Wildman–Crippen LogP) is 4.60. The van der Waals surface area contributed by atoms with Gasteiger partial charge in [-0.05, 0) is 57.5 Å². The fourth-order valence-electron chi connectivity index (χ4n) is 3.05. The zero-order valence-electron chi connectivity index (χ0n) is 19.3. The van der Waals surface area contributed by atoms with Gasteiger partial charge in [0.2, 0.25) is 5.91 Å². The van der Waals surface area contributed by atoms with Crippen LogP contribution in [0.25, 0.3) is 0 Å². The Morgan fingerprint density at radius 1 is 0.970 bits per heavy atom. The molecule has 3 N–H and O–H groups in total. The Kier molecular flexibility index (Phi) is 7.61. The van der Waals surface area contributed by atoms with Gasteiger partial charge in [-0.15, -0.1) is 0 Å². The Balaban J connectivity index is 1.67. The van der Waals surface area contributed by atoms with Gasteiger partial charge >= 0.3 is 6.09 Å². The lowest BCUT2D eigenvalue weighted by atomic mass is 10.1. The number of nitrogens with one attached hydrogen (secondary N) is 3. The second kappa shape index (κ2) is 10.6. The van der Waals surface area contributed by atoms with E-state index in [1.807, 2.05) is 55.5 Å². The number of benzene rings is 2. The summed E-state index contributed by atoms with van der Waals surface area (Å²) < 4.78 is 5.34. The lowest BCUT2D eigenvalue weighted by Crippen LogP contribution is -2.47. The summed E-state index contributed by atoms with van der Waals surface area (Å²) in [4.78, 5) is 33.6. The Labute approximate surface area is 193 Å². The van der Waals surface area contributed by atoms with Crippen LogP contribution in [-0.2, 0) is 16.0 Å². The third kappa shape index (κ3) is 7.92. The van der Waals surface area contributed by atoms with Crippen molar-refractivity contribution in [3.05, 3.63) is 78.2 Å². The van der Waals surface area contributed by atoms with E-state index < -0.39 is 17.7 Å². The summed E-state index contributed by atoms with van der Waals surface area (Å²) >= 11 is 0. The quantitative estimate of drug-likeness (QED) is 0.489. The number of carbonyl (C=O) groups excluding carboxylic acids is 2. The van der Waals surface area contributed by atoms with Crippen LogP contribution in [0, 0.1) is 6.92 Å². The Hall–Kier alpha value is -3.94. The molecule has 8 nitrogen and oxygen atoms in total. The van der Waals surface area contributed by atoms with Crippen LogP contribution < -0.4 is 16.0 Å². The number of rotatable bonds is 7. The van der Waals surface area contributed by atoms with Crippen LogP contribution in [-0.4, -0.2) is 33.6 Å². The minimum Gasteiger partial charge on any atom is -0.444 e. The van der Waals surface area contributed by atoms with Crippen LogP contribution in [0.4, 0.5) is 22.0 Å². The molecule has 1 atom stereocenters. The Bertz CT molecular complexity index is 1080. The molecule has 1 heterocycles. The molecule has 0 saturated heterocycles. The van der Waals surface area contributed by atoms with Gasteiger partial charge in [-0.25, -0.2) is 14.8 Å². The average molecular weight is 448 g/mol. The SMILES string of the molecule is Cc1cc(Nc2ccc(NC(=O)C(Cc3ccccc3)NC(=O)OC(C)(C)C)cc2)ncn1. The maximum atomic E-state index is 13.0. The van der Waals surface area contributed by atoms with Crippen molar-refractivity contribution in [1.29, 1.82) is 0 Å². The van der Waals surface area contributed by atoms with Crippen LogP contribution in [0.15, 0.2) is 67.0 Å². The first-order chi connectivity index (χ1) is 15.7. The molecule has 172 valence electrons. The van der Waals surface area contributed by atoms with Gasteiger partial charge in [-0.3, -0.25) is 4.79 Å². The normalized spacial score (nSPS) is 11.9. The number of hydrogen-bond acceptors (Lipinski definition) is 6. The predicted molar refractivity (Wildman–Crippen MR) is 128 cm³/mol. The number of alkyl carbamates (subject to hydrolysis) is 1. The van der Waals surface area contributed by atoms with Crippen LogP contribution in [0.3, 0.4) is 0 Å². The molecule has 0 radical (unpaired) electrons. The van der Waals surface area contributed by atoms with Crippen molar-refractivity contribution in [2.24, 2.45) is 0 Å². The molecule has 0 aliphatic carbocycles. The van der Waals surface area contributed by atoms with Crippen molar-refractivity contribution >= 4 is 29.2 Å². The number of nitrogens with zero attached hydrogens (tertiary/aromatic N) is 2. The van der Waals surface area contributed by atoms with Crippen LogP contribution in [0.1, 0.15) is 32.0 Å². The van der Waals surface area contributed by atoms with Crippen molar-refractivity contribution in [2.45, 2.75) is 45.8 Å². The molecular weight excluding hydrogens is 418 g/mol. The second-order valence-electron chi connectivity index (χ2n) is 8.62. The smallest absolute Gasteiger partial charge is 0.408 e. The topological polar surface area (TPSA) is 105 Å². The first kappa shape index (κ1) is 23.7. The van der Waals surface area contributed by atoms with Crippen molar-refractivity contribution in [3.63, 3.8) is 0 Å². The zero-order valence-corrected chi connectivity index (χ0v) is 19.3. The molecular formula is C25H29N5O3. The molecule has 33 heavy (non-hydrogen) atoms. The zero-order chi connectivity index (χ0) is 23.8. The van der Waals surface area contributed by atoms with E-state index in [2.05, 4.69) is 25.9 Å². The molecule has 1 aromatic heterocycles. The number of aromatic nitrogens is 2. The third-order valence-corrected chi connectivity index (χ3v) is 4.52. The highest BCUT2D eigenvalue weighted by Crippen LogP contribution is 2.18. The summed E-state index contributed by atoms with van der Waals surface area (Å²) in [6.45, 7) is 7.22. The van der Waals surface area contributed by atoms with E-state index >= 15 is 0 Å². The number of amides is 2. The van der Waals surface area contributed by atoms with Crippen LogP contribution in [0.5, 0.6) is 0 Å². The maximum Gasteiger partial charge on any atom is 0.408 e. The highest BCUT2D eigenvalue weighted by molar-refractivity contribution is 5.97. The van der Waals surface area contributed by atoms with Gasteiger partial charge < -0.3 is 20.7 Å². The van der Waals surface area contributed by atoms with E-state index in [-0.39, 0.29) is 5.91 Å². The van der Waals surface area contributed by atoms with Gasteiger partial charge in [0.1, 0.15) is 23.8 Å². The molecule has 1 unspecified atom stereocenters. The number of hydrogen-bond donors (Lipinski definition) is 3. The highest BCUT2D eigenvalue weighted by Gasteiger charge is 2.25. The van der Waals surface area contributed by atoms with E-state index in [9.17, 15) is 9.59 Å². The number of ether oxygens (including phenoxy) is 1. The van der Waals surface area contributed by atoms with Gasteiger partial charge in [0.25, 0.3) is 0 Å². The van der Waals surface area contributed by atoms with Gasteiger partial charge in [-0.2, -0.15) is 0 Å². The number of anilines is 3. The van der Waals surface area contributed by atoms with Gasteiger partial charge in [-0.1, -0.05) is 30.3 Å². The van der Waals surface area contributed by atoms with Crippen LogP contribution >= 0.6 is 0 Å². The Morgan fingerprint density at radius 3 is 2.27 bits per heavy atom. The Morgan fingerprint density at radius 2 is 1.64 bits per heavy atom. The summed E-state index contributed by atoms with van der Waals surface area (Å²) in [6.07, 6.45) is 1.19. The first-order valence-electron chi connectivity index (χ1n) is 10.7. The largest absolute Gasteiger partial charge is 0.444 e. The van der Waals surface area contributed by atoms with E-state index in [1.165, 1.54) is 6.33 Å². The van der Waals surface area contributed by atoms with Crippen molar-refractivity contribution in [2.75, 3.05) is 10.6 Å². The number of carbonyl (C=O) groups is 2. The summed E-state index contributed by atoms with van der Waals surface area (Å²) in [5.74, 6) is 0.348. The standard InChI is InChI=1S/C25H29N5O3/c1-17-14-22(27-16-26-17)28-19-10-12-20(13-11-19)29-23(31)21(15-18-8-6-5-7-9-18)30-24(32)33-25(2,3)4/h5-14,16,21H,15H2,1-4H3,(H,29,31)(H,30,32)(H,26,27,28). The third-order valence-electron chi connectivity index (χ3n) is 4.52. The van der Waals surface area contributed by atoms with Crippen molar-refractivity contribution < 1.29 is 14.3 Å². The van der Waals surface area contributed by atoms with Gasteiger partial charge in [0.15, 0.2) is 0 Å². The molecule has 0 fully saturated rings. The van der Waals surface area contributed by atoms with E-state index in [1.54, 1.807) is 32.9 Å². The fourth-order valence-corrected chi connectivity index (χ4v) is 3.05. The van der Waals surface area contributed by atoms with E-state index in [0.717, 1.165) is 16.9 Å². The molecule has 2 aromatic carbocycles. The molecule has 0 spiro atoms. The summed E-state index contributed by atoms with van der Waals surface area (Å²) in [5.41, 5.74) is 2.54. The minimum absolute atomic E-state index is 0.332. The molecule has 0 aliphatic rings. The molecule has 2 amide bonds. The first-order valence-corrected chi connectivity index (χ1v) is 10.7. The van der Waals surface area contributed by atoms with E-state index in [0.29, 0.717) is 17.9 Å². The molecule has 0 aliphatic heterocycles. The van der Waals surface area contributed by atoms with Crippen LogP contribution in [0.2, 0.25) is 0 Å². The highest BCUT2D eigenvalue weighted by atomic mass is 16.6. The molecule has 0 saturated carbocycles. The van der Waals surface area contributed by atoms with Gasteiger partial charge in [0, 0.05) is 29.6 Å². The number of aryl methyl sites for hydroxylation is 1. The lowest BCUT2D eigenvalue weighted by molar-refractivity contribution is -0.118. The van der Waals surface area contributed by atoms with E-state index in [4.69, 9.17) is 4.74 Å². The monoisotopic (exact) mass is 447 g/mol. The summed E-state index contributed by atoms with van der Waals surface area (Å²) in [6, 6.07) is 17.8. The molecule has 8 heteroatoms. The van der Waals surface area contributed by atoms with Gasteiger partial charge in [0.05, 0.1) is 0 Å². The summed E-state index contributed by atoms with van der Waals surface area (Å²) in [7, 11) is 0.